The number of nitrogens with zero attached hydrogens (tertiary/aromatic N) is 4. The van der Waals surface area contributed by atoms with E-state index in [-0.39, 0.29) is 17.9 Å². The zero-order valence-electron chi connectivity index (χ0n) is 9.58. The lowest BCUT2D eigenvalue weighted by Gasteiger charge is -2.14. The van der Waals surface area contributed by atoms with Gasteiger partial charge in [-0.3, -0.25) is 0 Å². The summed E-state index contributed by atoms with van der Waals surface area (Å²) >= 11 is 0. The van der Waals surface area contributed by atoms with Gasteiger partial charge in [0, 0.05) is 27.1 Å². The number of nitriles is 1. The Morgan fingerprint density at radius 1 is 1.47 bits per heavy atom. The lowest BCUT2D eigenvalue weighted by atomic mass is 10.5. The molecule has 1 N–H and O–H groups in total. The number of rotatable bonds is 5. The van der Waals surface area contributed by atoms with E-state index in [0.29, 0.717) is 5.95 Å². The largest absolute Gasteiger partial charge is 0.357 e. The van der Waals surface area contributed by atoms with Crippen LogP contribution in [0.25, 0.3) is 0 Å². The Labute approximate surface area is 100 Å². The van der Waals surface area contributed by atoms with Crippen molar-refractivity contribution in [2.24, 2.45) is 0 Å². The second kappa shape index (κ2) is 5.56. The predicted octanol–water partition coefficient (Wildman–Crippen LogP) is 0.0525. The van der Waals surface area contributed by atoms with E-state index < -0.39 is 10.0 Å². The van der Waals surface area contributed by atoms with Gasteiger partial charge in [0.25, 0.3) is 0 Å². The summed E-state index contributed by atoms with van der Waals surface area (Å²) in [5, 5.41) is 11.1. The molecule has 0 aromatic carbocycles. The van der Waals surface area contributed by atoms with Gasteiger partial charge in [0.15, 0.2) is 0 Å². The fraction of sp³-hybridized carbons (Fsp3) is 0.444. The fourth-order valence-electron chi connectivity index (χ4n) is 1.09. The van der Waals surface area contributed by atoms with Crippen molar-refractivity contribution < 1.29 is 8.42 Å². The topological polar surface area (TPSA) is 99.0 Å². The van der Waals surface area contributed by atoms with Crippen molar-refractivity contribution in [3.63, 3.8) is 0 Å². The van der Waals surface area contributed by atoms with E-state index in [1.165, 1.54) is 19.4 Å². The maximum atomic E-state index is 12.0. The first kappa shape index (κ1) is 13.3. The number of nitrogens with one attached hydrogen (secondary N) is 1. The molecule has 0 aliphatic rings. The second-order valence-corrected chi connectivity index (χ2v) is 5.27. The van der Waals surface area contributed by atoms with Crippen LogP contribution in [-0.2, 0) is 10.0 Å². The van der Waals surface area contributed by atoms with Crippen LogP contribution >= 0.6 is 0 Å². The van der Waals surface area contributed by atoms with Gasteiger partial charge in [-0.25, -0.2) is 18.4 Å². The minimum absolute atomic E-state index is 0.0111. The highest BCUT2D eigenvalue weighted by molar-refractivity contribution is 7.89. The van der Waals surface area contributed by atoms with Crippen molar-refractivity contribution in [1.29, 1.82) is 5.26 Å². The van der Waals surface area contributed by atoms with Crippen molar-refractivity contribution in [3.8, 4) is 6.07 Å². The van der Waals surface area contributed by atoms with Crippen molar-refractivity contribution in [2.75, 3.05) is 26.0 Å². The molecule has 0 fully saturated rings. The molecule has 0 spiro atoms. The molecule has 92 valence electrons. The van der Waals surface area contributed by atoms with Crippen LogP contribution in [-0.4, -0.2) is 43.3 Å². The Bertz CT molecular complexity index is 505. The Kier molecular flexibility index (Phi) is 4.37. The van der Waals surface area contributed by atoms with Crippen molar-refractivity contribution in [3.05, 3.63) is 12.4 Å². The van der Waals surface area contributed by atoms with Crippen LogP contribution in [0, 0.1) is 11.3 Å². The zero-order valence-corrected chi connectivity index (χ0v) is 10.4. The third kappa shape index (κ3) is 3.12. The van der Waals surface area contributed by atoms with E-state index in [1.807, 2.05) is 6.07 Å². The standard InChI is InChI=1S/C9H13N5O2S/c1-11-9-12-6-8(7-13-9)17(15,16)14(2)5-3-4-10/h6-7H,3,5H2,1-2H3,(H,11,12,13). The summed E-state index contributed by atoms with van der Waals surface area (Å²) in [5.74, 6) is 0.351. The third-order valence-corrected chi connectivity index (χ3v) is 3.91. The highest BCUT2D eigenvalue weighted by Crippen LogP contribution is 2.12. The maximum Gasteiger partial charge on any atom is 0.245 e. The lowest BCUT2D eigenvalue weighted by Crippen LogP contribution is -2.28. The Morgan fingerprint density at radius 2 is 2.06 bits per heavy atom. The fourth-order valence-corrected chi connectivity index (χ4v) is 2.15. The molecule has 17 heavy (non-hydrogen) atoms. The molecule has 1 aromatic heterocycles. The summed E-state index contributed by atoms with van der Waals surface area (Å²) in [5.41, 5.74) is 0. The van der Waals surface area contributed by atoms with Gasteiger partial charge in [-0.15, -0.1) is 0 Å². The first-order valence-corrected chi connectivity index (χ1v) is 6.29. The molecule has 7 nitrogen and oxygen atoms in total. The molecule has 0 aliphatic carbocycles. The maximum absolute atomic E-state index is 12.0. The number of hydrogen-bond acceptors (Lipinski definition) is 6. The van der Waals surface area contributed by atoms with Crippen LogP contribution in [0.3, 0.4) is 0 Å². The van der Waals surface area contributed by atoms with Gasteiger partial charge in [-0.2, -0.15) is 9.57 Å². The Balaban J connectivity index is 2.93. The van der Waals surface area contributed by atoms with Crippen LogP contribution < -0.4 is 5.32 Å². The number of hydrogen-bond donors (Lipinski definition) is 1. The quantitative estimate of drug-likeness (QED) is 0.798. The smallest absolute Gasteiger partial charge is 0.245 e. The Morgan fingerprint density at radius 3 is 2.53 bits per heavy atom. The highest BCUT2D eigenvalue weighted by Gasteiger charge is 2.21. The molecular weight excluding hydrogens is 242 g/mol. The molecule has 0 radical (unpaired) electrons. The SMILES string of the molecule is CNc1ncc(S(=O)(=O)N(C)CCC#N)cn1. The van der Waals surface area contributed by atoms with Gasteiger partial charge in [-0.05, 0) is 0 Å². The molecule has 0 saturated heterocycles. The molecule has 1 rings (SSSR count). The minimum Gasteiger partial charge on any atom is -0.357 e. The predicted molar refractivity (Wildman–Crippen MR) is 61.6 cm³/mol. The van der Waals surface area contributed by atoms with Crippen LogP contribution in [0.1, 0.15) is 6.42 Å². The van der Waals surface area contributed by atoms with Crippen LogP contribution in [0.5, 0.6) is 0 Å². The van der Waals surface area contributed by atoms with Crippen molar-refractivity contribution in [2.45, 2.75) is 11.3 Å². The van der Waals surface area contributed by atoms with E-state index in [0.717, 1.165) is 4.31 Å². The average Bonchev–Trinajstić information content (AvgIpc) is 2.35. The minimum atomic E-state index is -3.61. The van der Waals surface area contributed by atoms with Crippen molar-refractivity contribution in [1.82, 2.24) is 14.3 Å². The monoisotopic (exact) mass is 255 g/mol. The molecule has 0 unspecified atom stereocenters. The molecule has 0 aliphatic heterocycles. The Hall–Kier alpha value is -1.72. The van der Waals surface area contributed by atoms with Gasteiger partial charge >= 0.3 is 0 Å². The zero-order chi connectivity index (χ0) is 12.9. The van der Waals surface area contributed by atoms with Crippen LogP contribution in [0.4, 0.5) is 5.95 Å². The average molecular weight is 255 g/mol. The van der Waals surface area contributed by atoms with Crippen LogP contribution in [0.15, 0.2) is 17.3 Å². The summed E-state index contributed by atoms with van der Waals surface area (Å²) in [6, 6.07) is 1.89. The number of aromatic nitrogens is 2. The summed E-state index contributed by atoms with van der Waals surface area (Å²) in [6.07, 6.45) is 2.61. The van der Waals surface area contributed by atoms with Crippen LogP contribution in [0.2, 0.25) is 0 Å². The van der Waals surface area contributed by atoms with E-state index >= 15 is 0 Å². The van der Waals surface area contributed by atoms with E-state index in [2.05, 4.69) is 15.3 Å². The summed E-state index contributed by atoms with van der Waals surface area (Å²) in [4.78, 5) is 7.68. The molecule has 0 amide bonds. The second-order valence-electron chi connectivity index (χ2n) is 3.23. The van der Waals surface area contributed by atoms with E-state index in [1.54, 1.807) is 7.05 Å². The molecule has 1 aromatic rings. The lowest BCUT2D eigenvalue weighted by molar-refractivity contribution is 0.476. The van der Waals surface area contributed by atoms with Gasteiger partial charge in [0.05, 0.1) is 18.5 Å². The number of anilines is 1. The summed E-state index contributed by atoms with van der Waals surface area (Å²) in [6.45, 7) is 0.145. The highest BCUT2D eigenvalue weighted by atomic mass is 32.2. The molecule has 0 saturated carbocycles. The summed E-state index contributed by atoms with van der Waals surface area (Å²) in [7, 11) is -0.550. The molecular formula is C9H13N5O2S. The van der Waals surface area contributed by atoms with Gasteiger partial charge in [0.2, 0.25) is 16.0 Å². The molecule has 0 bridgehead atoms. The van der Waals surface area contributed by atoms with E-state index in [4.69, 9.17) is 5.26 Å². The molecule has 0 atom stereocenters. The van der Waals surface area contributed by atoms with Gasteiger partial charge in [-0.1, -0.05) is 0 Å². The van der Waals surface area contributed by atoms with Gasteiger partial charge < -0.3 is 5.32 Å². The molecule has 1 heterocycles. The van der Waals surface area contributed by atoms with E-state index in [9.17, 15) is 8.42 Å². The normalized spacial score (nSPS) is 11.2. The third-order valence-electron chi connectivity index (χ3n) is 2.10. The molecule has 8 heteroatoms. The number of sulfonamides is 1. The van der Waals surface area contributed by atoms with Gasteiger partial charge in [0.1, 0.15) is 4.90 Å². The summed E-state index contributed by atoms with van der Waals surface area (Å²) < 4.78 is 25.0. The first-order valence-electron chi connectivity index (χ1n) is 4.85. The van der Waals surface area contributed by atoms with Crippen molar-refractivity contribution >= 4 is 16.0 Å². The first-order chi connectivity index (χ1) is 8.02.